The molecule has 0 aliphatic carbocycles. The van der Waals surface area contributed by atoms with Crippen LogP contribution in [0.1, 0.15) is 32.0 Å². The summed E-state index contributed by atoms with van der Waals surface area (Å²) < 4.78 is 10.4. The van der Waals surface area contributed by atoms with Gasteiger partial charge in [0.1, 0.15) is 11.5 Å². The van der Waals surface area contributed by atoms with Crippen molar-refractivity contribution in [2.24, 2.45) is 0 Å². The number of ether oxygens (including phenoxy) is 1. The molecule has 0 saturated carbocycles. The second-order valence-corrected chi connectivity index (χ2v) is 5.97. The largest absolute Gasteiger partial charge is 0.465 e. The number of benzene rings is 2. The first kappa shape index (κ1) is 17.5. The van der Waals surface area contributed by atoms with Crippen LogP contribution in [-0.2, 0) is 4.74 Å². The summed E-state index contributed by atoms with van der Waals surface area (Å²) in [6, 6.07) is 16.1. The number of esters is 1. The Hall–Kier alpha value is -3.34. The zero-order valence-corrected chi connectivity index (χ0v) is 14.8. The van der Waals surface area contributed by atoms with Gasteiger partial charge in [0, 0.05) is 11.3 Å². The molecule has 5 nitrogen and oxygen atoms in total. The number of aryl methyl sites for hydroxylation is 2. The summed E-state index contributed by atoms with van der Waals surface area (Å²) in [6.45, 7) is 3.77. The van der Waals surface area contributed by atoms with Crippen LogP contribution in [-0.4, -0.2) is 19.0 Å². The van der Waals surface area contributed by atoms with Crippen molar-refractivity contribution in [2.45, 2.75) is 13.8 Å². The van der Waals surface area contributed by atoms with Gasteiger partial charge in [0.2, 0.25) is 0 Å². The van der Waals surface area contributed by atoms with E-state index in [1.165, 1.54) is 7.11 Å². The van der Waals surface area contributed by atoms with E-state index in [1.807, 2.05) is 31.2 Å². The van der Waals surface area contributed by atoms with Crippen molar-refractivity contribution < 1.29 is 18.7 Å². The van der Waals surface area contributed by atoms with Gasteiger partial charge in [0.25, 0.3) is 5.91 Å². The first-order chi connectivity index (χ1) is 12.5. The number of nitrogens with one attached hydrogen (secondary N) is 1. The van der Waals surface area contributed by atoms with Gasteiger partial charge in [-0.2, -0.15) is 0 Å². The molecular formula is C21H19NO4. The van der Waals surface area contributed by atoms with Gasteiger partial charge in [0.05, 0.1) is 18.2 Å². The first-order valence-electron chi connectivity index (χ1n) is 8.15. The maximum Gasteiger partial charge on any atom is 0.337 e. The van der Waals surface area contributed by atoms with Crippen molar-refractivity contribution in [1.82, 2.24) is 0 Å². The highest BCUT2D eigenvalue weighted by atomic mass is 16.5. The molecule has 1 aromatic heterocycles. The van der Waals surface area contributed by atoms with Gasteiger partial charge in [-0.1, -0.05) is 29.8 Å². The Bertz CT molecular complexity index is 937. The lowest BCUT2D eigenvalue weighted by Gasteiger charge is -2.05. The maximum atomic E-state index is 12.5. The fraction of sp³-hybridized carbons (Fsp3) is 0.143. The summed E-state index contributed by atoms with van der Waals surface area (Å²) in [5, 5.41) is 2.81. The Morgan fingerprint density at radius 3 is 2.23 bits per heavy atom. The first-order valence-corrected chi connectivity index (χ1v) is 8.15. The van der Waals surface area contributed by atoms with E-state index in [0.29, 0.717) is 28.3 Å². The second kappa shape index (κ2) is 7.27. The lowest BCUT2D eigenvalue weighted by molar-refractivity contribution is 0.0600. The van der Waals surface area contributed by atoms with E-state index >= 15 is 0 Å². The normalized spacial score (nSPS) is 10.4. The van der Waals surface area contributed by atoms with Crippen molar-refractivity contribution in [3.05, 3.63) is 77.0 Å². The van der Waals surface area contributed by atoms with E-state index in [2.05, 4.69) is 10.1 Å². The van der Waals surface area contributed by atoms with Gasteiger partial charge in [-0.05, 0) is 44.2 Å². The quantitative estimate of drug-likeness (QED) is 0.699. The van der Waals surface area contributed by atoms with Gasteiger partial charge in [-0.3, -0.25) is 4.79 Å². The van der Waals surface area contributed by atoms with Crippen molar-refractivity contribution in [3.8, 4) is 11.3 Å². The van der Waals surface area contributed by atoms with E-state index in [1.54, 1.807) is 37.3 Å². The number of hydrogen-bond donors (Lipinski definition) is 1. The third-order valence-corrected chi connectivity index (χ3v) is 4.06. The highest BCUT2D eigenvalue weighted by molar-refractivity contribution is 6.05. The number of hydrogen-bond acceptors (Lipinski definition) is 4. The predicted molar refractivity (Wildman–Crippen MR) is 99.4 cm³/mol. The average Bonchev–Trinajstić information content (AvgIpc) is 3.04. The molecule has 2 aromatic carbocycles. The van der Waals surface area contributed by atoms with Crippen molar-refractivity contribution >= 4 is 17.6 Å². The van der Waals surface area contributed by atoms with E-state index in [4.69, 9.17) is 4.42 Å². The molecule has 0 atom stereocenters. The smallest absolute Gasteiger partial charge is 0.337 e. The second-order valence-electron chi connectivity index (χ2n) is 5.97. The average molecular weight is 349 g/mol. The van der Waals surface area contributed by atoms with Crippen LogP contribution in [0.15, 0.2) is 59.0 Å². The minimum atomic E-state index is -0.420. The summed E-state index contributed by atoms with van der Waals surface area (Å²) in [7, 11) is 1.32. The van der Waals surface area contributed by atoms with Crippen LogP contribution >= 0.6 is 0 Å². The van der Waals surface area contributed by atoms with Gasteiger partial charge in [0.15, 0.2) is 0 Å². The van der Waals surface area contributed by atoms with E-state index in [9.17, 15) is 9.59 Å². The number of methoxy groups -OCH3 is 1. The molecule has 0 aliphatic rings. The summed E-state index contributed by atoms with van der Waals surface area (Å²) in [4.78, 5) is 24.0. The number of amides is 1. The zero-order valence-electron chi connectivity index (χ0n) is 14.8. The minimum absolute atomic E-state index is 0.268. The Kier molecular flexibility index (Phi) is 4.89. The Morgan fingerprint density at radius 2 is 1.62 bits per heavy atom. The van der Waals surface area contributed by atoms with Crippen LogP contribution in [0, 0.1) is 13.8 Å². The van der Waals surface area contributed by atoms with Crippen molar-refractivity contribution in [2.75, 3.05) is 12.4 Å². The molecule has 26 heavy (non-hydrogen) atoms. The number of carbonyl (C=O) groups excluding carboxylic acids is 2. The molecule has 132 valence electrons. The SMILES string of the molecule is COC(=O)c1ccc(NC(=O)c2cc(-c3ccc(C)cc3)oc2C)cc1. The van der Waals surface area contributed by atoms with Crippen LogP contribution in [0.5, 0.6) is 0 Å². The minimum Gasteiger partial charge on any atom is -0.465 e. The number of furan rings is 1. The molecule has 5 heteroatoms. The highest BCUT2D eigenvalue weighted by Crippen LogP contribution is 2.26. The van der Waals surface area contributed by atoms with Crippen LogP contribution in [0.2, 0.25) is 0 Å². The molecular weight excluding hydrogens is 330 g/mol. The van der Waals surface area contributed by atoms with Gasteiger partial charge in [-0.25, -0.2) is 4.79 Å². The summed E-state index contributed by atoms with van der Waals surface area (Å²) in [5.74, 6) is 0.504. The molecule has 1 N–H and O–H groups in total. The van der Waals surface area contributed by atoms with Crippen molar-refractivity contribution in [1.29, 1.82) is 0 Å². The fourth-order valence-corrected chi connectivity index (χ4v) is 2.57. The summed E-state index contributed by atoms with van der Waals surface area (Å²) >= 11 is 0. The fourth-order valence-electron chi connectivity index (χ4n) is 2.57. The van der Waals surface area contributed by atoms with Crippen molar-refractivity contribution in [3.63, 3.8) is 0 Å². The van der Waals surface area contributed by atoms with Gasteiger partial charge in [-0.15, -0.1) is 0 Å². The Balaban J connectivity index is 1.78. The topological polar surface area (TPSA) is 68.5 Å². The standard InChI is InChI=1S/C21H19NO4/c1-13-4-6-15(7-5-13)19-12-18(14(2)26-19)20(23)22-17-10-8-16(9-11-17)21(24)25-3/h4-12H,1-3H3,(H,22,23). The predicted octanol–water partition coefficient (Wildman–Crippen LogP) is 4.60. The van der Waals surface area contributed by atoms with Gasteiger partial charge >= 0.3 is 5.97 Å². The maximum absolute atomic E-state index is 12.5. The van der Waals surface area contributed by atoms with E-state index in [0.717, 1.165) is 11.1 Å². The zero-order chi connectivity index (χ0) is 18.7. The van der Waals surface area contributed by atoms with E-state index < -0.39 is 5.97 Å². The van der Waals surface area contributed by atoms with Gasteiger partial charge < -0.3 is 14.5 Å². The monoisotopic (exact) mass is 349 g/mol. The van der Waals surface area contributed by atoms with Crippen LogP contribution in [0.3, 0.4) is 0 Å². The molecule has 0 radical (unpaired) electrons. The van der Waals surface area contributed by atoms with E-state index in [-0.39, 0.29) is 5.91 Å². The molecule has 0 spiro atoms. The number of carbonyl (C=O) groups is 2. The molecule has 0 aliphatic heterocycles. The summed E-state index contributed by atoms with van der Waals surface area (Å²) in [5.41, 5.74) is 3.55. The molecule has 0 unspecified atom stereocenters. The number of anilines is 1. The molecule has 3 aromatic rings. The molecule has 0 bridgehead atoms. The third-order valence-electron chi connectivity index (χ3n) is 4.06. The molecule has 0 saturated heterocycles. The lowest BCUT2D eigenvalue weighted by atomic mass is 10.1. The lowest BCUT2D eigenvalue weighted by Crippen LogP contribution is -2.12. The Labute approximate surface area is 151 Å². The molecule has 0 fully saturated rings. The highest BCUT2D eigenvalue weighted by Gasteiger charge is 2.16. The molecule has 1 heterocycles. The van der Waals surface area contributed by atoms with Crippen LogP contribution in [0.25, 0.3) is 11.3 Å². The Morgan fingerprint density at radius 1 is 0.962 bits per heavy atom. The molecule has 1 amide bonds. The third kappa shape index (κ3) is 3.67. The molecule has 3 rings (SSSR count). The number of rotatable bonds is 4. The van der Waals surface area contributed by atoms with Crippen LogP contribution < -0.4 is 5.32 Å². The van der Waals surface area contributed by atoms with Crippen LogP contribution in [0.4, 0.5) is 5.69 Å². The summed E-state index contributed by atoms with van der Waals surface area (Å²) in [6.07, 6.45) is 0.